The smallest absolute Gasteiger partial charge is 0.407 e. The molecule has 21 heavy (non-hydrogen) atoms. The standard InChI is InChI=1S/C14H15Cl2N3O2/c1-14(2,3)21-13(20)17-7-11-12(16)19-9-5-4-8(15)6-10(9)18-11/h4-6H,7H2,1-3H3,(H,17,20). The summed E-state index contributed by atoms with van der Waals surface area (Å²) in [6, 6.07) is 5.15. The van der Waals surface area contributed by atoms with Gasteiger partial charge in [0.05, 0.1) is 23.3 Å². The molecular weight excluding hydrogens is 313 g/mol. The van der Waals surface area contributed by atoms with Gasteiger partial charge in [0.2, 0.25) is 0 Å². The molecule has 2 rings (SSSR count). The number of aromatic nitrogens is 2. The van der Waals surface area contributed by atoms with Crippen molar-refractivity contribution in [2.24, 2.45) is 0 Å². The second-order valence-corrected chi connectivity index (χ2v) is 6.24. The van der Waals surface area contributed by atoms with Crippen LogP contribution in [0.15, 0.2) is 18.2 Å². The predicted octanol–water partition coefficient (Wildman–Crippen LogP) is 3.96. The highest BCUT2D eigenvalue weighted by Crippen LogP contribution is 2.20. The fraction of sp³-hybridized carbons (Fsp3) is 0.357. The van der Waals surface area contributed by atoms with Gasteiger partial charge in [-0.1, -0.05) is 23.2 Å². The summed E-state index contributed by atoms with van der Waals surface area (Å²) in [6.45, 7) is 5.50. The summed E-state index contributed by atoms with van der Waals surface area (Å²) >= 11 is 12.0. The van der Waals surface area contributed by atoms with Crippen molar-refractivity contribution in [3.63, 3.8) is 0 Å². The van der Waals surface area contributed by atoms with Gasteiger partial charge in [0, 0.05) is 5.02 Å². The molecular formula is C14H15Cl2N3O2. The highest BCUT2D eigenvalue weighted by molar-refractivity contribution is 6.31. The molecule has 0 aliphatic carbocycles. The first-order valence-electron chi connectivity index (χ1n) is 6.33. The Labute approximate surface area is 132 Å². The zero-order chi connectivity index (χ0) is 15.6. The molecule has 5 nitrogen and oxygen atoms in total. The number of hydrogen-bond donors (Lipinski definition) is 1. The second-order valence-electron chi connectivity index (χ2n) is 5.45. The Bertz CT molecular complexity index is 684. The Hall–Kier alpha value is -1.59. The number of ether oxygens (including phenoxy) is 1. The van der Waals surface area contributed by atoms with Crippen LogP contribution in [0.2, 0.25) is 10.2 Å². The lowest BCUT2D eigenvalue weighted by Crippen LogP contribution is -2.32. The molecule has 1 aromatic heterocycles. The zero-order valence-corrected chi connectivity index (χ0v) is 13.4. The van der Waals surface area contributed by atoms with E-state index in [0.717, 1.165) is 0 Å². The van der Waals surface area contributed by atoms with Gasteiger partial charge in [0.25, 0.3) is 0 Å². The highest BCUT2D eigenvalue weighted by atomic mass is 35.5. The molecule has 2 aromatic rings. The Morgan fingerprint density at radius 2 is 1.95 bits per heavy atom. The number of rotatable bonds is 2. The fourth-order valence-electron chi connectivity index (χ4n) is 1.63. The zero-order valence-electron chi connectivity index (χ0n) is 11.9. The number of alkyl carbamates (subject to hydrolysis) is 1. The number of carbonyl (C=O) groups excluding carboxylic acids is 1. The third-order valence-electron chi connectivity index (χ3n) is 2.45. The van der Waals surface area contributed by atoms with Gasteiger partial charge in [-0.3, -0.25) is 0 Å². The lowest BCUT2D eigenvalue weighted by Gasteiger charge is -2.19. The summed E-state index contributed by atoms with van der Waals surface area (Å²) in [7, 11) is 0. The first-order chi connectivity index (χ1) is 9.74. The number of nitrogens with zero attached hydrogens (tertiary/aromatic N) is 2. The van der Waals surface area contributed by atoms with Gasteiger partial charge in [0.15, 0.2) is 5.15 Å². The van der Waals surface area contributed by atoms with E-state index in [1.807, 2.05) is 0 Å². The van der Waals surface area contributed by atoms with E-state index < -0.39 is 11.7 Å². The van der Waals surface area contributed by atoms with Crippen LogP contribution in [0.5, 0.6) is 0 Å². The average Bonchev–Trinajstić information content (AvgIpc) is 2.34. The van der Waals surface area contributed by atoms with Crippen molar-refractivity contribution >= 4 is 40.3 Å². The molecule has 112 valence electrons. The van der Waals surface area contributed by atoms with Crippen molar-refractivity contribution in [2.45, 2.75) is 32.9 Å². The number of amides is 1. The lowest BCUT2D eigenvalue weighted by molar-refractivity contribution is 0.0523. The molecule has 0 fully saturated rings. The molecule has 0 atom stereocenters. The van der Waals surface area contributed by atoms with E-state index in [2.05, 4.69) is 15.3 Å². The van der Waals surface area contributed by atoms with Crippen LogP contribution in [0.1, 0.15) is 26.5 Å². The summed E-state index contributed by atoms with van der Waals surface area (Å²) < 4.78 is 5.14. The van der Waals surface area contributed by atoms with Crippen LogP contribution < -0.4 is 5.32 Å². The van der Waals surface area contributed by atoms with Crippen LogP contribution in [-0.4, -0.2) is 21.7 Å². The van der Waals surface area contributed by atoms with E-state index >= 15 is 0 Å². The molecule has 1 N–H and O–H groups in total. The quantitative estimate of drug-likeness (QED) is 0.906. The van der Waals surface area contributed by atoms with Gasteiger partial charge in [-0.25, -0.2) is 14.8 Å². The Morgan fingerprint density at radius 3 is 2.62 bits per heavy atom. The minimum atomic E-state index is -0.559. The normalized spacial score (nSPS) is 11.5. The van der Waals surface area contributed by atoms with Crippen molar-refractivity contribution in [3.05, 3.63) is 34.1 Å². The Balaban J connectivity index is 2.15. The monoisotopic (exact) mass is 327 g/mol. The molecule has 0 spiro atoms. The predicted molar refractivity (Wildman–Crippen MR) is 82.6 cm³/mol. The first kappa shape index (κ1) is 15.8. The second kappa shape index (κ2) is 6.03. The van der Waals surface area contributed by atoms with Crippen molar-refractivity contribution in [1.29, 1.82) is 0 Å². The van der Waals surface area contributed by atoms with E-state index in [4.69, 9.17) is 27.9 Å². The summed E-state index contributed by atoms with van der Waals surface area (Å²) in [6.07, 6.45) is -0.536. The molecule has 0 unspecified atom stereocenters. The highest BCUT2D eigenvalue weighted by Gasteiger charge is 2.16. The first-order valence-corrected chi connectivity index (χ1v) is 7.09. The van der Waals surface area contributed by atoms with Crippen LogP contribution in [0.3, 0.4) is 0 Å². The van der Waals surface area contributed by atoms with E-state index in [1.165, 1.54) is 0 Å². The number of nitrogens with one attached hydrogen (secondary N) is 1. The maximum atomic E-state index is 11.6. The molecule has 1 aromatic carbocycles. The van der Waals surface area contributed by atoms with Crippen molar-refractivity contribution in [2.75, 3.05) is 0 Å². The summed E-state index contributed by atoms with van der Waals surface area (Å²) in [4.78, 5) is 20.2. The van der Waals surface area contributed by atoms with Gasteiger partial charge in [-0.05, 0) is 39.0 Å². The molecule has 0 aliphatic rings. The fourth-order valence-corrected chi connectivity index (χ4v) is 1.99. The van der Waals surface area contributed by atoms with Gasteiger partial charge >= 0.3 is 6.09 Å². The lowest BCUT2D eigenvalue weighted by atomic mass is 10.2. The number of fused-ring (bicyclic) bond motifs is 1. The molecule has 0 aliphatic heterocycles. The number of benzene rings is 1. The minimum Gasteiger partial charge on any atom is -0.444 e. The Morgan fingerprint density at radius 1 is 1.24 bits per heavy atom. The van der Waals surface area contributed by atoms with Gasteiger partial charge in [-0.15, -0.1) is 0 Å². The van der Waals surface area contributed by atoms with Crippen molar-refractivity contribution in [3.8, 4) is 0 Å². The summed E-state index contributed by atoms with van der Waals surface area (Å²) in [5.74, 6) is 0. The van der Waals surface area contributed by atoms with E-state index in [9.17, 15) is 4.79 Å². The van der Waals surface area contributed by atoms with Gasteiger partial charge < -0.3 is 10.1 Å². The van der Waals surface area contributed by atoms with E-state index in [1.54, 1.807) is 39.0 Å². The molecule has 0 saturated carbocycles. The Kier molecular flexibility index (Phi) is 4.54. The van der Waals surface area contributed by atoms with Gasteiger partial charge in [0.1, 0.15) is 5.60 Å². The molecule has 1 amide bonds. The molecule has 0 radical (unpaired) electrons. The number of halogens is 2. The third-order valence-corrected chi connectivity index (χ3v) is 2.99. The van der Waals surface area contributed by atoms with E-state index in [0.29, 0.717) is 21.7 Å². The maximum absolute atomic E-state index is 11.6. The largest absolute Gasteiger partial charge is 0.444 e. The summed E-state index contributed by atoms with van der Waals surface area (Å²) in [5.41, 5.74) is 1.16. The van der Waals surface area contributed by atoms with Crippen LogP contribution in [0.25, 0.3) is 11.0 Å². The van der Waals surface area contributed by atoms with Crippen LogP contribution in [0, 0.1) is 0 Å². The van der Waals surface area contributed by atoms with Crippen LogP contribution in [0.4, 0.5) is 4.79 Å². The number of carbonyl (C=O) groups is 1. The van der Waals surface area contributed by atoms with Gasteiger partial charge in [-0.2, -0.15) is 0 Å². The van der Waals surface area contributed by atoms with Crippen LogP contribution >= 0.6 is 23.2 Å². The molecule has 0 saturated heterocycles. The maximum Gasteiger partial charge on any atom is 0.407 e. The third kappa shape index (κ3) is 4.44. The number of hydrogen-bond acceptors (Lipinski definition) is 4. The van der Waals surface area contributed by atoms with Crippen molar-refractivity contribution in [1.82, 2.24) is 15.3 Å². The average molecular weight is 328 g/mol. The molecule has 7 heteroatoms. The summed E-state index contributed by atoms with van der Waals surface area (Å²) in [5, 5.41) is 3.39. The van der Waals surface area contributed by atoms with Crippen LogP contribution in [-0.2, 0) is 11.3 Å². The SMILES string of the molecule is CC(C)(C)OC(=O)NCc1nc2cc(Cl)ccc2nc1Cl. The molecule has 0 bridgehead atoms. The minimum absolute atomic E-state index is 0.128. The van der Waals surface area contributed by atoms with Crippen molar-refractivity contribution < 1.29 is 9.53 Å². The topological polar surface area (TPSA) is 64.1 Å². The van der Waals surface area contributed by atoms with E-state index in [-0.39, 0.29) is 11.7 Å². The molecule has 1 heterocycles.